The Kier molecular flexibility index (Phi) is 3.42. The summed E-state index contributed by atoms with van der Waals surface area (Å²) in [6.45, 7) is 3.80. The molecule has 0 aromatic rings. The Balaban J connectivity index is 1.75. The Bertz CT molecular complexity index is 257. The van der Waals surface area contributed by atoms with Gasteiger partial charge < -0.3 is 10.5 Å². The zero-order valence-corrected chi connectivity index (χ0v) is 10.9. The second-order valence-corrected chi connectivity index (χ2v) is 6.18. The van der Waals surface area contributed by atoms with E-state index in [2.05, 4.69) is 4.90 Å². The highest BCUT2D eigenvalue weighted by Gasteiger charge is 2.46. The fraction of sp³-hybridized carbons (Fsp3) is 1.00. The van der Waals surface area contributed by atoms with Crippen LogP contribution in [0.2, 0.25) is 0 Å². The van der Waals surface area contributed by atoms with Gasteiger partial charge in [0.05, 0.1) is 12.1 Å². The van der Waals surface area contributed by atoms with Crippen LogP contribution in [-0.2, 0) is 4.74 Å². The largest absolute Gasteiger partial charge is 0.379 e. The Hall–Kier alpha value is -0.120. The predicted octanol–water partition coefficient (Wildman–Crippen LogP) is 1.76. The summed E-state index contributed by atoms with van der Waals surface area (Å²) >= 11 is 0. The fourth-order valence-electron chi connectivity index (χ4n) is 4.31. The summed E-state index contributed by atoms with van der Waals surface area (Å²) in [4.78, 5) is 2.75. The molecular formula is C14H26N2O. The summed E-state index contributed by atoms with van der Waals surface area (Å²) in [5, 5.41) is 0. The molecule has 0 radical (unpaired) electrons. The van der Waals surface area contributed by atoms with Crippen molar-refractivity contribution in [1.82, 2.24) is 4.90 Å². The van der Waals surface area contributed by atoms with E-state index in [-0.39, 0.29) is 5.54 Å². The molecular weight excluding hydrogens is 212 g/mol. The van der Waals surface area contributed by atoms with Gasteiger partial charge in [0.2, 0.25) is 0 Å². The van der Waals surface area contributed by atoms with Gasteiger partial charge in [-0.3, -0.25) is 4.90 Å². The first-order valence-corrected chi connectivity index (χ1v) is 7.40. The standard InChI is InChI=1S/C14H26N2O/c15-10-14(7-9-17-11-14)16-8-3-6-13(16)12-4-1-2-5-12/h12-13H,1-11,15H2. The van der Waals surface area contributed by atoms with Gasteiger partial charge in [-0.15, -0.1) is 0 Å². The first kappa shape index (κ1) is 11.9. The van der Waals surface area contributed by atoms with Crippen LogP contribution < -0.4 is 5.73 Å². The van der Waals surface area contributed by atoms with Gasteiger partial charge in [0.15, 0.2) is 0 Å². The van der Waals surface area contributed by atoms with Crippen molar-refractivity contribution in [1.29, 1.82) is 0 Å². The lowest BCUT2D eigenvalue weighted by atomic mass is 9.90. The maximum Gasteiger partial charge on any atom is 0.0663 e. The third-order valence-electron chi connectivity index (χ3n) is 5.31. The van der Waals surface area contributed by atoms with Crippen molar-refractivity contribution in [2.45, 2.75) is 56.5 Å². The minimum atomic E-state index is 0.184. The fourth-order valence-corrected chi connectivity index (χ4v) is 4.31. The van der Waals surface area contributed by atoms with Crippen molar-refractivity contribution in [2.24, 2.45) is 11.7 Å². The average molecular weight is 238 g/mol. The molecule has 2 N–H and O–H groups in total. The summed E-state index contributed by atoms with van der Waals surface area (Å²) in [6.07, 6.45) is 9.69. The van der Waals surface area contributed by atoms with Crippen LogP contribution in [-0.4, -0.2) is 42.8 Å². The van der Waals surface area contributed by atoms with E-state index < -0.39 is 0 Å². The van der Waals surface area contributed by atoms with E-state index in [9.17, 15) is 0 Å². The van der Waals surface area contributed by atoms with Gasteiger partial charge in [0.1, 0.15) is 0 Å². The van der Waals surface area contributed by atoms with E-state index in [1.807, 2.05) is 0 Å². The Morgan fingerprint density at radius 1 is 1.18 bits per heavy atom. The van der Waals surface area contributed by atoms with Crippen molar-refractivity contribution in [2.75, 3.05) is 26.3 Å². The smallest absolute Gasteiger partial charge is 0.0663 e. The van der Waals surface area contributed by atoms with Gasteiger partial charge in [0, 0.05) is 19.2 Å². The van der Waals surface area contributed by atoms with Gasteiger partial charge in [-0.1, -0.05) is 12.8 Å². The first-order valence-electron chi connectivity index (χ1n) is 7.40. The number of hydrogen-bond donors (Lipinski definition) is 1. The van der Waals surface area contributed by atoms with Crippen LogP contribution in [0.5, 0.6) is 0 Å². The molecule has 2 aliphatic heterocycles. The van der Waals surface area contributed by atoms with Gasteiger partial charge in [0.25, 0.3) is 0 Å². The Morgan fingerprint density at radius 3 is 2.65 bits per heavy atom. The lowest BCUT2D eigenvalue weighted by Crippen LogP contribution is -2.57. The van der Waals surface area contributed by atoms with Gasteiger partial charge in [-0.2, -0.15) is 0 Å². The highest BCUT2D eigenvalue weighted by atomic mass is 16.5. The molecule has 3 fully saturated rings. The number of rotatable bonds is 3. The van der Waals surface area contributed by atoms with E-state index in [1.165, 1.54) is 45.1 Å². The molecule has 2 heterocycles. The maximum atomic E-state index is 6.09. The predicted molar refractivity (Wildman–Crippen MR) is 68.9 cm³/mol. The van der Waals surface area contributed by atoms with Crippen LogP contribution in [0, 0.1) is 5.92 Å². The van der Waals surface area contributed by atoms with Gasteiger partial charge in [-0.05, 0) is 44.6 Å². The molecule has 3 aliphatic rings. The van der Waals surface area contributed by atoms with Crippen molar-refractivity contribution >= 4 is 0 Å². The zero-order chi connectivity index (χ0) is 11.7. The summed E-state index contributed by atoms with van der Waals surface area (Å²) in [7, 11) is 0. The first-order chi connectivity index (χ1) is 8.36. The third kappa shape index (κ3) is 2.02. The topological polar surface area (TPSA) is 38.5 Å². The van der Waals surface area contributed by atoms with Crippen LogP contribution in [0.25, 0.3) is 0 Å². The van der Waals surface area contributed by atoms with Crippen LogP contribution in [0.15, 0.2) is 0 Å². The molecule has 1 saturated carbocycles. The highest BCUT2D eigenvalue weighted by Crippen LogP contribution is 2.40. The summed E-state index contributed by atoms with van der Waals surface area (Å²) in [6, 6.07) is 0.808. The molecule has 3 rings (SSSR count). The van der Waals surface area contributed by atoms with Gasteiger partial charge in [-0.25, -0.2) is 0 Å². The number of hydrogen-bond acceptors (Lipinski definition) is 3. The molecule has 2 unspecified atom stereocenters. The van der Waals surface area contributed by atoms with Crippen LogP contribution in [0.4, 0.5) is 0 Å². The molecule has 2 saturated heterocycles. The minimum Gasteiger partial charge on any atom is -0.379 e. The molecule has 98 valence electrons. The maximum absolute atomic E-state index is 6.09. The lowest BCUT2D eigenvalue weighted by Gasteiger charge is -2.42. The second-order valence-electron chi connectivity index (χ2n) is 6.18. The van der Waals surface area contributed by atoms with E-state index in [0.717, 1.165) is 38.1 Å². The SMILES string of the molecule is NCC1(N2CCCC2C2CCCC2)CCOC1. The number of likely N-dealkylation sites (tertiary alicyclic amines) is 1. The average Bonchev–Trinajstić information content (AvgIpc) is 3.10. The molecule has 17 heavy (non-hydrogen) atoms. The third-order valence-corrected chi connectivity index (χ3v) is 5.31. The summed E-state index contributed by atoms with van der Waals surface area (Å²) in [5.41, 5.74) is 6.27. The zero-order valence-electron chi connectivity index (χ0n) is 10.9. The Labute approximate surface area is 105 Å². The van der Waals surface area contributed by atoms with Crippen molar-refractivity contribution in [3.05, 3.63) is 0 Å². The molecule has 3 heteroatoms. The molecule has 3 nitrogen and oxygen atoms in total. The normalized spacial score (nSPS) is 40.4. The van der Waals surface area contributed by atoms with Gasteiger partial charge >= 0.3 is 0 Å². The van der Waals surface area contributed by atoms with Crippen molar-refractivity contribution in [3.8, 4) is 0 Å². The molecule has 0 aromatic heterocycles. The van der Waals surface area contributed by atoms with Crippen LogP contribution in [0.1, 0.15) is 44.9 Å². The highest BCUT2D eigenvalue weighted by molar-refractivity contribution is 5.02. The van der Waals surface area contributed by atoms with Crippen molar-refractivity contribution in [3.63, 3.8) is 0 Å². The molecule has 0 bridgehead atoms. The lowest BCUT2D eigenvalue weighted by molar-refractivity contribution is 0.0411. The summed E-state index contributed by atoms with van der Waals surface area (Å²) < 4.78 is 5.65. The quantitative estimate of drug-likeness (QED) is 0.814. The monoisotopic (exact) mass is 238 g/mol. The van der Waals surface area contributed by atoms with E-state index >= 15 is 0 Å². The molecule has 2 atom stereocenters. The Morgan fingerprint density at radius 2 is 2.00 bits per heavy atom. The number of nitrogens with zero attached hydrogens (tertiary/aromatic N) is 1. The minimum absolute atomic E-state index is 0.184. The molecule has 0 amide bonds. The number of ether oxygens (including phenoxy) is 1. The molecule has 0 spiro atoms. The molecule has 0 aromatic carbocycles. The molecule has 1 aliphatic carbocycles. The van der Waals surface area contributed by atoms with E-state index in [0.29, 0.717) is 0 Å². The summed E-state index contributed by atoms with van der Waals surface area (Å²) in [5.74, 6) is 0.946. The number of nitrogens with two attached hydrogens (primary N) is 1. The van der Waals surface area contributed by atoms with E-state index in [4.69, 9.17) is 10.5 Å². The van der Waals surface area contributed by atoms with E-state index in [1.54, 1.807) is 0 Å². The second kappa shape index (κ2) is 4.87. The van der Waals surface area contributed by atoms with Crippen LogP contribution in [0.3, 0.4) is 0 Å². The van der Waals surface area contributed by atoms with Crippen LogP contribution >= 0.6 is 0 Å². The van der Waals surface area contributed by atoms with Crippen molar-refractivity contribution < 1.29 is 4.74 Å².